The zero-order chi connectivity index (χ0) is 30.3. The Balaban J connectivity index is 2.17. The van der Waals surface area contributed by atoms with Crippen molar-refractivity contribution in [2.45, 2.75) is 51.6 Å². The van der Waals surface area contributed by atoms with Gasteiger partial charge in [0.25, 0.3) is 10.0 Å². The fourth-order valence-electron chi connectivity index (χ4n) is 4.41. The molecule has 41 heavy (non-hydrogen) atoms. The molecule has 0 radical (unpaired) electrons. The maximum absolute atomic E-state index is 14.2. The van der Waals surface area contributed by atoms with Crippen LogP contribution < -0.4 is 14.4 Å². The number of aryl methyl sites for hydroxylation is 2. The average Bonchev–Trinajstić information content (AvgIpc) is 2.93. The topological polar surface area (TPSA) is 96.0 Å². The van der Waals surface area contributed by atoms with E-state index in [9.17, 15) is 18.0 Å². The van der Waals surface area contributed by atoms with Crippen molar-refractivity contribution in [1.29, 1.82) is 0 Å². The molecule has 8 nitrogen and oxygen atoms in total. The van der Waals surface area contributed by atoms with Crippen LogP contribution in [0.15, 0.2) is 65.6 Å². The zero-order valence-electron chi connectivity index (χ0n) is 23.8. The number of anilines is 1. The lowest BCUT2D eigenvalue weighted by Crippen LogP contribution is -2.52. The molecule has 0 fully saturated rings. The third kappa shape index (κ3) is 7.52. The summed E-state index contributed by atoms with van der Waals surface area (Å²) >= 11 is 12.9. The van der Waals surface area contributed by atoms with Crippen LogP contribution in [-0.2, 0) is 26.2 Å². The summed E-state index contributed by atoms with van der Waals surface area (Å²) in [5.41, 5.74) is 2.30. The number of nitrogens with zero attached hydrogens (tertiary/aromatic N) is 2. The lowest BCUT2D eigenvalue weighted by atomic mass is 10.1. The van der Waals surface area contributed by atoms with Crippen LogP contribution in [-0.4, -0.2) is 51.4 Å². The smallest absolute Gasteiger partial charge is 0.264 e. The van der Waals surface area contributed by atoms with Crippen molar-refractivity contribution in [2.24, 2.45) is 0 Å². The first-order chi connectivity index (χ1) is 19.4. The molecule has 0 aliphatic heterocycles. The molecule has 0 saturated heterocycles. The van der Waals surface area contributed by atoms with E-state index in [2.05, 4.69) is 5.32 Å². The van der Waals surface area contributed by atoms with Crippen molar-refractivity contribution in [1.82, 2.24) is 10.2 Å². The van der Waals surface area contributed by atoms with Gasteiger partial charge in [0.05, 0.1) is 17.7 Å². The van der Waals surface area contributed by atoms with Crippen molar-refractivity contribution in [3.8, 4) is 5.75 Å². The highest BCUT2D eigenvalue weighted by Crippen LogP contribution is 2.34. The summed E-state index contributed by atoms with van der Waals surface area (Å²) in [6, 6.07) is 15.5. The highest BCUT2D eigenvalue weighted by atomic mass is 35.5. The molecule has 0 bridgehead atoms. The Bertz CT molecular complexity index is 1480. The molecule has 1 atom stereocenters. The van der Waals surface area contributed by atoms with Crippen LogP contribution >= 0.6 is 23.2 Å². The number of methoxy groups -OCH3 is 1. The summed E-state index contributed by atoms with van der Waals surface area (Å²) in [6.45, 7) is 6.88. The SMILES string of the molecule is CCNC(=O)C(CC)N(Cc1c(Cl)cccc1Cl)C(=O)CN(c1cc(C)ccc1OC)S(=O)(=O)c1ccc(C)cc1. The van der Waals surface area contributed by atoms with E-state index in [-0.39, 0.29) is 35.2 Å². The van der Waals surface area contributed by atoms with Gasteiger partial charge < -0.3 is 15.0 Å². The number of likely N-dealkylation sites (N-methyl/N-ethyl adjacent to an activating group) is 1. The fraction of sp³-hybridized carbons (Fsp3) is 0.333. The first-order valence-corrected chi connectivity index (χ1v) is 15.4. The van der Waals surface area contributed by atoms with Gasteiger partial charge in [-0.05, 0) is 69.2 Å². The Hall–Kier alpha value is -3.27. The highest BCUT2D eigenvalue weighted by molar-refractivity contribution is 7.92. The van der Waals surface area contributed by atoms with E-state index in [0.717, 1.165) is 15.4 Å². The van der Waals surface area contributed by atoms with Crippen molar-refractivity contribution in [2.75, 3.05) is 24.5 Å². The number of benzene rings is 3. The van der Waals surface area contributed by atoms with Gasteiger partial charge in [0, 0.05) is 28.7 Å². The molecule has 0 saturated carbocycles. The quantitative estimate of drug-likeness (QED) is 0.278. The number of hydrogen-bond donors (Lipinski definition) is 1. The fourth-order valence-corrected chi connectivity index (χ4v) is 6.34. The van der Waals surface area contributed by atoms with Crippen LogP contribution in [0.2, 0.25) is 10.0 Å². The highest BCUT2D eigenvalue weighted by Gasteiger charge is 2.35. The van der Waals surface area contributed by atoms with E-state index in [0.29, 0.717) is 22.2 Å². The van der Waals surface area contributed by atoms with Crippen LogP contribution in [0.3, 0.4) is 0 Å². The lowest BCUT2D eigenvalue weighted by Gasteiger charge is -2.34. The van der Waals surface area contributed by atoms with Crippen LogP contribution in [0.25, 0.3) is 0 Å². The van der Waals surface area contributed by atoms with E-state index in [1.807, 2.05) is 13.8 Å². The molecular weight excluding hydrogens is 585 g/mol. The van der Waals surface area contributed by atoms with E-state index in [1.165, 1.54) is 24.1 Å². The Kier molecular flexibility index (Phi) is 11.1. The molecule has 1 N–H and O–H groups in total. The summed E-state index contributed by atoms with van der Waals surface area (Å²) in [4.78, 5) is 28.6. The number of nitrogens with one attached hydrogen (secondary N) is 1. The predicted molar refractivity (Wildman–Crippen MR) is 163 cm³/mol. The lowest BCUT2D eigenvalue weighted by molar-refractivity contribution is -0.140. The van der Waals surface area contributed by atoms with Crippen molar-refractivity contribution in [3.05, 3.63) is 87.4 Å². The Morgan fingerprint density at radius 3 is 2.12 bits per heavy atom. The second-order valence-corrected chi connectivity index (χ2v) is 12.2. The molecule has 3 rings (SSSR count). The minimum atomic E-state index is -4.25. The number of hydrogen-bond acceptors (Lipinski definition) is 5. The number of carbonyl (C=O) groups excluding carboxylic acids is 2. The molecule has 1 unspecified atom stereocenters. The molecule has 0 aliphatic rings. The van der Waals surface area contributed by atoms with Gasteiger partial charge in [0.1, 0.15) is 18.3 Å². The maximum Gasteiger partial charge on any atom is 0.264 e. The molecule has 0 heterocycles. The third-order valence-electron chi connectivity index (χ3n) is 6.62. The van der Waals surface area contributed by atoms with E-state index in [4.69, 9.17) is 27.9 Å². The number of sulfonamides is 1. The van der Waals surface area contributed by atoms with Gasteiger partial charge in [-0.1, -0.05) is 60.0 Å². The summed E-state index contributed by atoms with van der Waals surface area (Å²) in [5, 5.41) is 3.42. The molecular formula is C30H35Cl2N3O5S. The van der Waals surface area contributed by atoms with Gasteiger partial charge in [-0.15, -0.1) is 0 Å². The zero-order valence-corrected chi connectivity index (χ0v) is 26.1. The monoisotopic (exact) mass is 619 g/mol. The van der Waals surface area contributed by atoms with Gasteiger partial charge in [0.2, 0.25) is 11.8 Å². The van der Waals surface area contributed by atoms with Crippen molar-refractivity contribution >= 4 is 50.7 Å². The van der Waals surface area contributed by atoms with Crippen molar-refractivity contribution in [3.63, 3.8) is 0 Å². The van der Waals surface area contributed by atoms with Crippen molar-refractivity contribution < 1.29 is 22.7 Å². The minimum Gasteiger partial charge on any atom is -0.495 e. The van der Waals surface area contributed by atoms with Crippen LogP contribution in [0.4, 0.5) is 5.69 Å². The van der Waals surface area contributed by atoms with Gasteiger partial charge in [-0.2, -0.15) is 0 Å². The predicted octanol–water partition coefficient (Wildman–Crippen LogP) is 5.76. The Labute approximate surface area is 252 Å². The van der Waals surface area contributed by atoms with Gasteiger partial charge in [-0.3, -0.25) is 13.9 Å². The first-order valence-electron chi connectivity index (χ1n) is 13.2. The standard InChI is InChI=1S/C30H35Cl2N3O5S/c1-6-26(30(37)33-7-2)34(18-23-24(31)9-8-10-25(23)32)29(36)19-35(27-17-21(4)13-16-28(27)40-5)41(38,39)22-14-11-20(3)12-15-22/h8-17,26H,6-7,18-19H2,1-5H3,(H,33,37). The molecule has 0 aliphatic carbocycles. The molecule has 0 spiro atoms. The molecule has 220 valence electrons. The third-order valence-corrected chi connectivity index (χ3v) is 9.10. The van der Waals surface area contributed by atoms with Crippen LogP contribution in [0.5, 0.6) is 5.75 Å². The summed E-state index contributed by atoms with van der Waals surface area (Å²) in [6.07, 6.45) is 0.276. The second-order valence-electron chi connectivity index (χ2n) is 9.54. The largest absolute Gasteiger partial charge is 0.495 e. The second kappa shape index (κ2) is 14.1. The summed E-state index contributed by atoms with van der Waals surface area (Å²) < 4.78 is 34.7. The van der Waals surface area contributed by atoms with Crippen LogP contribution in [0, 0.1) is 13.8 Å². The van der Waals surface area contributed by atoms with Gasteiger partial charge >= 0.3 is 0 Å². The number of carbonyl (C=O) groups is 2. The van der Waals surface area contributed by atoms with E-state index >= 15 is 0 Å². The molecule has 11 heteroatoms. The number of rotatable bonds is 12. The van der Waals surface area contributed by atoms with Crippen LogP contribution in [0.1, 0.15) is 37.0 Å². The normalized spacial score (nSPS) is 12.0. The molecule has 3 aromatic rings. The molecule has 0 aromatic heterocycles. The molecule has 3 aromatic carbocycles. The number of ether oxygens (including phenoxy) is 1. The van der Waals surface area contributed by atoms with E-state index in [1.54, 1.807) is 62.4 Å². The molecule has 2 amide bonds. The van der Waals surface area contributed by atoms with E-state index < -0.39 is 28.5 Å². The maximum atomic E-state index is 14.2. The average molecular weight is 621 g/mol. The summed E-state index contributed by atoms with van der Waals surface area (Å²) in [5.74, 6) is -0.707. The number of halogens is 2. The van der Waals surface area contributed by atoms with Gasteiger partial charge in [0.15, 0.2) is 0 Å². The Morgan fingerprint density at radius 1 is 0.951 bits per heavy atom. The summed E-state index contributed by atoms with van der Waals surface area (Å²) in [7, 11) is -2.82. The Morgan fingerprint density at radius 2 is 1.56 bits per heavy atom. The van der Waals surface area contributed by atoms with Gasteiger partial charge in [-0.25, -0.2) is 8.42 Å². The minimum absolute atomic E-state index is 0.0101. The number of amides is 2. The first kappa shape index (κ1) is 32.2.